The molecule has 36 heavy (non-hydrogen) atoms. The van der Waals surface area contributed by atoms with Crippen molar-refractivity contribution in [2.75, 3.05) is 10.8 Å². The first-order valence-corrected chi connectivity index (χ1v) is 13.1. The molecule has 0 fully saturated rings. The average Bonchev–Trinajstić information content (AvgIpc) is 3.21. The molecule has 3 aromatic carbocycles. The van der Waals surface area contributed by atoms with Crippen LogP contribution in [0.15, 0.2) is 64.0 Å². The lowest BCUT2D eigenvalue weighted by Crippen LogP contribution is -2.39. The monoisotopic (exact) mass is 547 g/mol. The summed E-state index contributed by atoms with van der Waals surface area (Å²) in [7, 11) is -4.25. The standard InChI is InChI=1S/C25H23Cl2N3O5S/c1-15-28-24(29-35-15)22-7-5-6-16-10-19(8-9-21(16)22)30(14-23(31)34-25(2,3)4)36(32,33)20-12-17(26)11-18(27)13-20/h5-13H,14H2,1-4H3. The normalized spacial score (nSPS) is 12.1. The van der Waals surface area contributed by atoms with Gasteiger partial charge in [-0.1, -0.05) is 52.6 Å². The molecule has 0 unspecified atom stereocenters. The summed E-state index contributed by atoms with van der Waals surface area (Å²) in [6.07, 6.45) is 0. The lowest BCUT2D eigenvalue weighted by atomic mass is 10.0. The summed E-state index contributed by atoms with van der Waals surface area (Å²) in [5.41, 5.74) is 0.178. The molecule has 4 aromatic rings. The Morgan fingerprint density at radius 1 is 1.06 bits per heavy atom. The molecule has 0 atom stereocenters. The maximum absolute atomic E-state index is 13.7. The first-order valence-electron chi connectivity index (χ1n) is 10.9. The number of halogens is 2. The van der Waals surface area contributed by atoms with Crippen molar-refractivity contribution >= 4 is 55.7 Å². The highest BCUT2D eigenvalue weighted by Gasteiger charge is 2.30. The van der Waals surface area contributed by atoms with E-state index in [9.17, 15) is 13.2 Å². The number of nitrogens with zero attached hydrogens (tertiary/aromatic N) is 3. The molecule has 8 nitrogen and oxygen atoms in total. The second-order valence-electron chi connectivity index (χ2n) is 9.05. The van der Waals surface area contributed by atoms with Crippen LogP contribution in [-0.2, 0) is 19.6 Å². The Bertz CT molecular complexity index is 1540. The third kappa shape index (κ3) is 5.64. The minimum absolute atomic E-state index is 0.150. The summed E-state index contributed by atoms with van der Waals surface area (Å²) in [4.78, 5) is 16.9. The summed E-state index contributed by atoms with van der Waals surface area (Å²) in [6.45, 7) is 6.26. The highest BCUT2D eigenvalue weighted by atomic mass is 35.5. The highest BCUT2D eigenvalue weighted by molar-refractivity contribution is 7.92. The fourth-order valence-electron chi connectivity index (χ4n) is 3.64. The first kappa shape index (κ1) is 25.9. The molecule has 4 rings (SSSR count). The van der Waals surface area contributed by atoms with Crippen molar-refractivity contribution in [2.24, 2.45) is 0 Å². The fourth-order valence-corrected chi connectivity index (χ4v) is 5.77. The van der Waals surface area contributed by atoms with Gasteiger partial charge in [0.05, 0.1) is 10.6 Å². The number of benzene rings is 3. The second-order valence-corrected chi connectivity index (χ2v) is 11.8. The molecule has 0 saturated heterocycles. The maximum atomic E-state index is 13.7. The van der Waals surface area contributed by atoms with Crippen molar-refractivity contribution in [3.63, 3.8) is 0 Å². The van der Waals surface area contributed by atoms with Crippen LogP contribution in [-0.4, -0.2) is 36.7 Å². The number of fused-ring (bicyclic) bond motifs is 1. The van der Waals surface area contributed by atoms with Crippen molar-refractivity contribution in [2.45, 2.75) is 38.2 Å². The molecule has 1 aromatic heterocycles. The smallest absolute Gasteiger partial charge is 0.327 e. The topological polar surface area (TPSA) is 103 Å². The van der Waals surface area contributed by atoms with Crippen LogP contribution in [0.2, 0.25) is 10.0 Å². The van der Waals surface area contributed by atoms with Gasteiger partial charge < -0.3 is 9.26 Å². The van der Waals surface area contributed by atoms with Crippen molar-refractivity contribution in [3.8, 4) is 11.4 Å². The molecular formula is C25H23Cl2N3O5S. The molecule has 1 heterocycles. The minimum atomic E-state index is -4.25. The molecular weight excluding hydrogens is 525 g/mol. The van der Waals surface area contributed by atoms with E-state index in [4.69, 9.17) is 32.5 Å². The number of sulfonamides is 1. The van der Waals surface area contributed by atoms with Crippen LogP contribution in [0, 0.1) is 6.92 Å². The summed E-state index contributed by atoms with van der Waals surface area (Å²) in [5.74, 6) is 0.126. The summed E-state index contributed by atoms with van der Waals surface area (Å²) < 4.78 is 39.0. The van der Waals surface area contributed by atoms with Crippen LogP contribution in [0.4, 0.5) is 5.69 Å². The second kappa shape index (κ2) is 9.72. The molecule has 188 valence electrons. The Morgan fingerprint density at radius 2 is 1.75 bits per heavy atom. The first-order chi connectivity index (χ1) is 16.8. The molecule has 0 aliphatic heterocycles. The van der Waals surface area contributed by atoms with Gasteiger partial charge in [0, 0.05) is 22.5 Å². The van der Waals surface area contributed by atoms with Crippen LogP contribution in [0.25, 0.3) is 22.2 Å². The lowest BCUT2D eigenvalue weighted by molar-refractivity contribution is -0.152. The van der Waals surface area contributed by atoms with Crippen molar-refractivity contribution in [1.82, 2.24) is 10.1 Å². The molecule has 0 aliphatic carbocycles. The quantitative estimate of drug-likeness (QED) is 0.271. The van der Waals surface area contributed by atoms with Crippen molar-refractivity contribution < 1.29 is 22.5 Å². The zero-order valence-corrected chi connectivity index (χ0v) is 22.3. The number of carbonyl (C=O) groups excluding carboxylic acids is 1. The van der Waals surface area contributed by atoms with Crippen LogP contribution in [0.1, 0.15) is 26.7 Å². The minimum Gasteiger partial charge on any atom is -0.459 e. The molecule has 0 saturated carbocycles. The Hall–Kier alpha value is -3.14. The van der Waals surface area contributed by atoms with Crippen LogP contribution in [0.5, 0.6) is 0 Å². The summed E-state index contributed by atoms with van der Waals surface area (Å²) >= 11 is 12.2. The largest absolute Gasteiger partial charge is 0.459 e. The number of anilines is 1. The van der Waals surface area contributed by atoms with Gasteiger partial charge in [-0.25, -0.2) is 8.42 Å². The predicted molar refractivity (Wildman–Crippen MR) is 139 cm³/mol. The maximum Gasteiger partial charge on any atom is 0.327 e. The van der Waals surface area contributed by atoms with E-state index in [1.54, 1.807) is 52.0 Å². The molecule has 0 aliphatic rings. The van der Waals surface area contributed by atoms with E-state index in [0.717, 1.165) is 15.3 Å². The lowest BCUT2D eigenvalue weighted by Gasteiger charge is -2.27. The molecule has 0 spiro atoms. The Kier molecular flexibility index (Phi) is 7.01. The molecule has 0 radical (unpaired) electrons. The van der Waals surface area contributed by atoms with Gasteiger partial charge in [-0.3, -0.25) is 9.10 Å². The van der Waals surface area contributed by atoms with Crippen LogP contribution >= 0.6 is 23.2 Å². The number of ether oxygens (including phenoxy) is 1. The van der Waals surface area contributed by atoms with E-state index >= 15 is 0 Å². The third-order valence-corrected chi connectivity index (χ3v) is 7.23. The number of esters is 1. The Morgan fingerprint density at radius 3 is 2.36 bits per heavy atom. The van der Waals surface area contributed by atoms with Gasteiger partial charge in [0.25, 0.3) is 10.0 Å². The SMILES string of the molecule is Cc1nc(-c2cccc3cc(N(CC(=O)OC(C)(C)C)S(=O)(=O)c4cc(Cl)cc(Cl)c4)ccc23)no1. The van der Waals surface area contributed by atoms with Crippen LogP contribution < -0.4 is 4.31 Å². The number of hydrogen-bond acceptors (Lipinski definition) is 7. The van der Waals surface area contributed by atoms with E-state index in [1.807, 2.05) is 12.1 Å². The van der Waals surface area contributed by atoms with Gasteiger partial charge in [-0.2, -0.15) is 4.98 Å². The van der Waals surface area contributed by atoms with Gasteiger partial charge in [0.2, 0.25) is 11.7 Å². The number of aryl methyl sites for hydroxylation is 1. The van der Waals surface area contributed by atoms with Gasteiger partial charge in [0.1, 0.15) is 12.1 Å². The van der Waals surface area contributed by atoms with E-state index in [0.29, 0.717) is 17.1 Å². The number of rotatable bonds is 6. The van der Waals surface area contributed by atoms with E-state index in [1.165, 1.54) is 18.2 Å². The molecule has 11 heteroatoms. The van der Waals surface area contributed by atoms with Crippen molar-refractivity contribution in [3.05, 3.63) is 70.5 Å². The third-order valence-electron chi connectivity index (χ3n) is 5.04. The van der Waals surface area contributed by atoms with Crippen LogP contribution in [0.3, 0.4) is 0 Å². The zero-order chi connectivity index (χ0) is 26.3. The van der Waals surface area contributed by atoms with E-state index < -0.39 is 28.1 Å². The molecule has 0 bridgehead atoms. The number of hydrogen-bond donors (Lipinski definition) is 0. The van der Waals surface area contributed by atoms with Gasteiger partial charge >= 0.3 is 5.97 Å². The number of carbonyl (C=O) groups is 1. The Labute approximate surface area is 218 Å². The highest BCUT2D eigenvalue weighted by Crippen LogP contribution is 2.33. The summed E-state index contributed by atoms with van der Waals surface area (Å²) in [6, 6.07) is 14.5. The van der Waals surface area contributed by atoms with Gasteiger partial charge in [-0.05, 0) is 61.9 Å². The average molecular weight is 548 g/mol. The van der Waals surface area contributed by atoms with E-state index in [2.05, 4.69) is 10.1 Å². The summed E-state index contributed by atoms with van der Waals surface area (Å²) in [5, 5.41) is 5.77. The molecule has 0 N–H and O–H groups in total. The zero-order valence-electron chi connectivity index (χ0n) is 20.0. The van der Waals surface area contributed by atoms with Gasteiger partial charge in [-0.15, -0.1) is 0 Å². The molecule has 0 amide bonds. The fraction of sp³-hybridized carbons (Fsp3) is 0.240. The Balaban J connectivity index is 1.84. The van der Waals surface area contributed by atoms with Crippen molar-refractivity contribution in [1.29, 1.82) is 0 Å². The van der Waals surface area contributed by atoms with Gasteiger partial charge in [0.15, 0.2) is 0 Å². The number of aromatic nitrogens is 2. The van der Waals surface area contributed by atoms with E-state index in [-0.39, 0.29) is 20.6 Å². The predicted octanol–water partition coefficient (Wildman–Crippen LogP) is 6.04.